The minimum Gasteiger partial charge on any atom is -0.550 e. The Morgan fingerprint density at radius 3 is 0.452 bits per heavy atom. The molecule has 0 saturated heterocycles. The molecule has 0 bridgehead atoms. The standard InChI is InChI=1S/5C10H20O2.Al.Co/c5*1-10(2,3)8-6-4-5-7-9(11)12;;/h5*4-8H2,1-3H3,(H,11,12);;/q;;;;;+3;+2/p-5. The Morgan fingerprint density at radius 1 is 0.258 bits per heavy atom. The quantitative estimate of drug-likeness (QED) is 0.0634. The van der Waals surface area contributed by atoms with E-state index >= 15 is 0 Å². The molecule has 0 fully saturated rings. The molecule has 62 heavy (non-hydrogen) atoms. The van der Waals surface area contributed by atoms with E-state index in [1.807, 2.05) is 0 Å². The van der Waals surface area contributed by atoms with Crippen LogP contribution in [0, 0.1) is 27.1 Å². The monoisotopic (exact) mass is 942 g/mol. The summed E-state index contributed by atoms with van der Waals surface area (Å²) < 4.78 is 0. The average Bonchev–Trinajstić information content (AvgIpc) is 3.02. The van der Waals surface area contributed by atoms with Crippen LogP contribution in [0.2, 0.25) is 0 Å². The van der Waals surface area contributed by atoms with Crippen LogP contribution >= 0.6 is 0 Å². The van der Waals surface area contributed by atoms with E-state index in [0.29, 0.717) is 27.1 Å². The summed E-state index contributed by atoms with van der Waals surface area (Å²) in [6.07, 6.45) is 21.3. The number of carbonyl (C=O) groups is 5. The summed E-state index contributed by atoms with van der Waals surface area (Å²) in [6.45, 7) is 33.0. The largest absolute Gasteiger partial charge is 3.00 e. The summed E-state index contributed by atoms with van der Waals surface area (Å²) in [4.78, 5) is 50.2. The molecule has 0 spiro atoms. The Balaban J connectivity index is -0.000000121. The maximum absolute atomic E-state index is 10.0. The predicted octanol–water partition coefficient (Wildman–Crippen LogP) is 8.28. The van der Waals surface area contributed by atoms with Crippen LogP contribution in [0.25, 0.3) is 0 Å². The zero-order valence-electron chi connectivity index (χ0n) is 42.7. The molecular weight excluding hydrogens is 846 g/mol. The van der Waals surface area contributed by atoms with Crippen molar-refractivity contribution in [3.8, 4) is 0 Å². The molecule has 0 rings (SSSR count). The van der Waals surface area contributed by atoms with Crippen molar-refractivity contribution in [2.75, 3.05) is 0 Å². The second-order valence-corrected chi connectivity index (χ2v) is 22.5. The molecule has 0 atom stereocenters. The van der Waals surface area contributed by atoms with Gasteiger partial charge in [0.05, 0.1) is 0 Å². The first-order chi connectivity index (χ1) is 27.1. The van der Waals surface area contributed by atoms with E-state index in [-0.39, 0.29) is 66.2 Å². The zero-order chi connectivity index (χ0) is 48.1. The van der Waals surface area contributed by atoms with E-state index in [4.69, 9.17) is 0 Å². The Kier molecular flexibility index (Phi) is 52.2. The van der Waals surface area contributed by atoms with Crippen molar-refractivity contribution in [2.24, 2.45) is 27.1 Å². The smallest absolute Gasteiger partial charge is 0.550 e. The number of carboxylic acids is 5. The third-order valence-electron chi connectivity index (χ3n) is 9.04. The van der Waals surface area contributed by atoms with E-state index in [2.05, 4.69) is 104 Å². The fourth-order valence-corrected chi connectivity index (χ4v) is 5.51. The third kappa shape index (κ3) is 102. The molecule has 0 saturated carbocycles. The van der Waals surface area contributed by atoms with Gasteiger partial charge in [0, 0.05) is 29.8 Å². The Bertz CT molecular complexity index is 878. The fourth-order valence-electron chi connectivity index (χ4n) is 5.51. The molecule has 367 valence electrons. The summed E-state index contributed by atoms with van der Waals surface area (Å²) in [5.41, 5.74) is 1.88. The first-order valence-corrected chi connectivity index (χ1v) is 23.1. The summed E-state index contributed by atoms with van der Waals surface area (Å²) in [7, 11) is 0. The second-order valence-electron chi connectivity index (χ2n) is 22.5. The molecular formula is C50H95AlCoO10. The number of unbranched alkanes of at least 4 members (excludes halogenated alkanes) is 10. The molecule has 0 aliphatic rings. The number of carbonyl (C=O) groups excluding carboxylic acids is 5. The molecule has 0 amide bonds. The number of rotatable bonds is 25. The maximum atomic E-state index is 10.0. The SMILES string of the molecule is CC(C)(C)CCCCCC(=O)[O-].CC(C)(C)CCCCCC(=O)[O-].CC(C)(C)CCCCCC(=O)[O-].CC(C)(C)CCCCCC(=O)[O-].CC(C)(C)CCCCCC(=O)[O-].[Al+3].[Co+2]. The summed E-state index contributed by atoms with van der Waals surface area (Å²) in [5.74, 6) is -4.63. The van der Waals surface area contributed by atoms with Crippen LogP contribution < -0.4 is 25.5 Å². The van der Waals surface area contributed by atoms with Crippen LogP contribution in [0.3, 0.4) is 0 Å². The predicted molar refractivity (Wildman–Crippen MR) is 243 cm³/mol. The topological polar surface area (TPSA) is 201 Å². The maximum Gasteiger partial charge on any atom is 3.00 e. The van der Waals surface area contributed by atoms with E-state index in [1.165, 1.54) is 32.1 Å². The second kappa shape index (κ2) is 43.3. The number of hydrogen-bond acceptors (Lipinski definition) is 10. The molecule has 0 aromatic heterocycles. The third-order valence-corrected chi connectivity index (χ3v) is 9.04. The van der Waals surface area contributed by atoms with Crippen molar-refractivity contribution in [2.45, 2.75) is 264 Å². The van der Waals surface area contributed by atoms with Gasteiger partial charge in [-0.2, -0.15) is 0 Å². The molecule has 12 heteroatoms. The summed E-state index contributed by atoms with van der Waals surface area (Å²) >= 11 is 0. The van der Waals surface area contributed by atoms with Crippen LogP contribution in [0.4, 0.5) is 0 Å². The van der Waals surface area contributed by atoms with E-state index in [9.17, 15) is 49.5 Å². The van der Waals surface area contributed by atoms with Gasteiger partial charge in [-0.1, -0.05) is 168 Å². The van der Waals surface area contributed by atoms with Gasteiger partial charge in [-0.3, -0.25) is 0 Å². The Morgan fingerprint density at radius 2 is 0.371 bits per heavy atom. The van der Waals surface area contributed by atoms with Crippen LogP contribution in [-0.4, -0.2) is 47.2 Å². The molecule has 1 radical (unpaired) electrons. The Hall–Kier alpha value is -1.61. The first kappa shape index (κ1) is 74.7. The number of carboxylic acid groups (broad SMARTS) is 5. The van der Waals surface area contributed by atoms with Gasteiger partial charge in [0.15, 0.2) is 0 Å². The molecule has 0 aromatic rings. The van der Waals surface area contributed by atoms with Crippen molar-refractivity contribution in [1.29, 1.82) is 0 Å². The van der Waals surface area contributed by atoms with Gasteiger partial charge in [0.25, 0.3) is 0 Å². The van der Waals surface area contributed by atoms with Gasteiger partial charge in [-0.15, -0.1) is 0 Å². The van der Waals surface area contributed by atoms with E-state index < -0.39 is 29.8 Å². The van der Waals surface area contributed by atoms with Crippen molar-refractivity contribution < 1.29 is 66.3 Å². The van der Waals surface area contributed by atoms with Crippen LogP contribution in [0.1, 0.15) is 264 Å². The van der Waals surface area contributed by atoms with Gasteiger partial charge in [0.2, 0.25) is 0 Å². The fraction of sp³-hybridized carbons (Fsp3) is 0.900. The van der Waals surface area contributed by atoms with Crippen LogP contribution in [0.5, 0.6) is 0 Å². The minimum absolute atomic E-state index is 0. The van der Waals surface area contributed by atoms with Gasteiger partial charge < -0.3 is 49.5 Å². The molecule has 10 nitrogen and oxygen atoms in total. The number of hydrogen-bond donors (Lipinski definition) is 0. The molecule has 0 N–H and O–H groups in total. The normalized spacial score (nSPS) is 11.2. The van der Waals surface area contributed by atoms with Gasteiger partial charge in [0.1, 0.15) is 0 Å². The van der Waals surface area contributed by atoms with Gasteiger partial charge in [-0.05, 0) is 123 Å². The molecule has 0 unspecified atom stereocenters. The van der Waals surface area contributed by atoms with Crippen molar-refractivity contribution >= 4 is 47.2 Å². The zero-order valence-corrected chi connectivity index (χ0v) is 44.9. The molecule has 0 aromatic carbocycles. The molecule has 0 aliphatic carbocycles. The van der Waals surface area contributed by atoms with Gasteiger partial charge in [-0.25, -0.2) is 0 Å². The summed E-state index contributed by atoms with van der Waals surface area (Å²) in [6, 6.07) is 0. The average molecular weight is 942 g/mol. The minimum atomic E-state index is -0.925. The van der Waals surface area contributed by atoms with Crippen LogP contribution in [0.15, 0.2) is 0 Å². The van der Waals surface area contributed by atoms with Crippen LogP contribution in [-0.2, 0) is 40.8 Å². The Labute approximate surface area is 403 Å². The van der Waals surface area contributed by atoms with Crippen molar-refractivity contribution in [1.82, 2.24) is 0 Å². The molecule has 0 aliphatic heterocycles. The van der Waals surface area contributed by atoms with Crippen molar-refractivity contribution in [3.05, 3.63) is 0 Å². The van der Waals surface area contributed by atoms with Gasteiger partial charge >= 0.3 is 34.1 Å². The molecule has 0 heterocycles. The summed E-state index contributed by atoms with van der Waals surface area (Å²) in [5, 5.41) is 50.2. The van der Waals surface area contributed by atoms with Crippen molar-refractivity contribution in [3.63, 3.8) is 0 Å². The number of aliphatic carboxylic acids is 5. The van der Waals surface area contributed by atoms with E-state index in [0.717, 1.165) is 96.3 Å². The van der Waals surface area contributed by atoms with E-state index in [1.54, 1.807) is 0 Å². The first-order valence-electron chi connectivity index (χ1n) is 23.1.